The predicted molar refractivity (Wildman–Crippen MR) is 73.5 cm³/mol. The maximum absolute atomic E-state index is 12.5. The van der Waals surface area contributed by atoms with Gasteiger partial charge in [0.15, 0.2) is 5.78 Å². The lowest BCUT2D eigenvalue weighted by Crippen LogP contribution is -2.22. The lowest BCUT2D eigenvalue weighted by Gasteiger charge is -2.26. The maximum atomic E-state index is 12.5. The van der Waals surface area contributed by atoms with Crippen LogP contribution in [0, 0.1) is 11.8 Å². The molecule has 0 amide bonds. The second-order valence-corrected chi connectivity index (χ2v) is 5.61. The molecule has 2 atom stereocenters. The largest absolute Gasteiger partial charge is 0.496 e. The van der Waals surface area contributed by atoms with Crippen LogP contribution in [0.5, 0.6) is 5.75 Å². The average molecular weight is 267 g/mol. The fourth-order valence-electron chi connectivity index (χ4n) is 2.76. The Hall–Kier alpha value is -1.02. The van der Waals surface area contributed by atoms with E-state index in [4.69, 9.17) is 16.3 Å². The molecule has 0 spiro atoms. The van der Waals surface area contributed by atoms with E-state index in [2.05, 4.69) is 6.92 Å². The average Bonchev–Trinajstić information content (AvgIpc) is 2.38. The van der Waals surface area contributed by atoms with Gasteiger partial charge in [-0.1, -0.05) is 31.4 Å². The van der Waals surface area contributed by atoms with Crippen LogP contribution in [-0.2, 0) is 0 Å². The van der Waals surface area contributed by atoms with Gasteiger partial charge in [-0.25, -0.2) is 0 Å². The highest BCUT2D eigenvalue weighted by Gasteiger charge is 2.27. The SMILES string of the molecule is COc1ccc(Cl)cc1C(=O)C1CCCC(C)C1. The molecule has 2 rings (SSSR count). The first kappa shape index (κ1) is 13.4. The Morgan fingerprint density at radius 1 is 1.39 bits per heavy atom. The second-order valence-electron chi connectivity index (χ2n) is 5.18. The molecule has 2 nitrogen and oxygen atoms in total. The summed E-state index contributed by atoms with van der Waals surface area (Å²) in [6, 6.07) is 5.24. The Morgan fingerprint density at radius 3 is 2.83 bits per heavy atom. The van der Waals surface area contributed by atoms with Gasteiger partial charge in [0, 0.05) is 10.9 Å². The van der Waals surface area contributed by atoms with Crippen molar-refractivity contribution in [2.75, 3.05) is 7.11 Å². The molecule has 1 saturated carbocycles. The second kappa shape index (κ2) is 5.75. The van der Waals surface area contributed by atoms with Crippen molar-refractivity contribution in [3.05, 3.63) is 28.8 Å². The molecule has 0 radical (unpaired) electrons. The zero-order valence-electron chi connectivity index (χ0n) is 10.9. The van der Waals surface area contributed by atoms with Crippen molar-refractivity contribution in [3.8, 4) is 5.75 Å². The molecule has 18 heavy (non-hydrogen) atoms. The van der Waals surface area contributed by atoms with Gasteiger partial charge in [0.1, 0.15) is 5.75 Å². The van der Waals surface area contributed by atoms with Crippen LogP contribution in [0.3, 0.4) is 0 Å². The molecule has 0 N–H and O–H groups in total. The van der Waals surface area contributed by atoms with Crippen LogP contribution in [0.4, 0.5) is 0 Å². The summed E-state index contributed by atoms with van der Waals surface area (Å²) in [5.41, 5.74) is 0.629. The minimum Gasteiger partial charge on any atom is -0.496 e. The number of methoxy groups -OCH3 is 1. The first-order valence-corrected chi connectivity index (χ1v) is 6.87. The van der Waals surface area contributed by atoms with Crippen LogP contribution in [-0.4, -0.2) is 12.9 Å². The topological polar surface area (TPSA) is 26.3 Å². The number of rotatable bonds is 3. The number of hydrogen-bond donors (Lipinski definition) is 0. The van der Waals surface area contributed by atoms with Crippen LogP contribution in [0.1, 0.15) is 43.0 Å². The number of ketones is 1. The summed E-state index contributed by atoms with van der Waals surface area (Å²) in [5, 5.41) is 0.586. The quantitative estimate of drug-likeness (QED) is 0.760. The van der Waals surface area contributed by atoms with E-state index in [0.29, 0.717) is 22.3 Å². The van der Waals surface area contributed by atoms with Crippen molar-refractivity contribution in [3.63, 3.8) is 0 Å². The van der Waals surface area contributed by atoms with Crippen LogP contribution < -0.4 is 4.74 Å². The minimum atomic E-state index is 0.126. The number of Topliss-reactive ketones (excluding diaryl/α,β-unsaturated/α-hetero) is 1. The summed E-state index contributed by atoms with van der Waals surface area (Å²) in [6.45, 7) is 2.22. The Kier molecular flexibility index (Phi) is 4.28. The fourth-order valence-corrected chi connectivity index (χ4v) is 2.94. The minimum absolute atomic E-state index is 0.126. The van der Waals surface area contributed by atoms with Crippen LogP contribution in [0.2, 0.25) is 5.02 Å². The molecule has 1 aromatic carbocycles. The smallest absolute Gasteiger partial charge is 0.169 e. The zero-order valence-corrected chi connectivity index (χ0v) is 11.7. The third-order valence-corrected chi connectivity index (χ3v) is 3.97. The van der Waals surface area contributed by atoms with Gasteiger partial charge in [0.25, 0.3) is 0 Å². The molecular formula is C15H19ClO2. The van der Waals surface area contributed by atoms with E-state index in [1.54, 1.807) is 25.3 Å². The zero-order chi connectivity index (χ0) is 13.1. The molecule has 0 bridgehead atoms. The monoisotopic (exact) mass is 266 g/mol. The Morgan fingerprint density at radius 2 is 2.17 bits per heavy atom. The number of carbonyl (C=O) groups is 1. The summed E-state index contributed by atoms with van der Waals surface area (Å²) < 4.78 is 5.26. The van der Waals surface area contributed by atoms with Crippen molar-refractivity contribution in [2.24, 2.45) is 11.8 Å². The van der Waals surface area contributed by atoms with Crippen molar-refractivity contribution >= 4 is 17.4 Å². The van der Waals surface area contributed by atoms with Crippen molar-refractivity contribution in [1.82, 2.24) is 0 Å². The van der Waals surface area contributed by atoms with Gasteiger partial charge in [0.05, 0.1) is 12.7 Å². The van der Waals surface area contributed by atoms with E-state index in [-0.39, 0.29) is 11.7 Å². The van der Waals surface area contributed by atoms with E-state index >= 15 is 0 Å². The van der Waals surface area contributed by atoms with E-state index in [9.17, 15) is 4.79 Å². The predicted octanol–water partition coefficient (Wildman–Crippen LogP) is 4.36. The van der Waals surface area contributed by atoms with E-state index in [1.807, 2.05) is 0 Å². The van der Waals surface area contributed by atoms with Gasteiger partial charge < -0.3 is 4.74 Å². The van der Waals surface area contributed by atoms with Crippen molar-refractivity contribution in [2.45, 2.75) is 32.6 Å². The highest BCUT2D eigenvalue weighted by molar-refractivity contribution is 6.31. The van der Waals surface area contributed by atoms with Gasteiger partial charge >= 0.3 is 0 Å². The summed E-state index contributed by atoms with van der Waals surface area (Å²) in [4.78, 5) is 12.5. The summed E-state index contributed by atoms with van der Waals surface area (Å²) in [6.07, 6.45) is 4.34. The van der Waals surface area contributed by atoms with E-state index in [0.717, 1.165) is 19.3 Å². The molecule has 2 unspecified atom stereocenters. The number of carbonyl (C=O) groups excluding carboxylic acids is 1. The number of halogens is 1. The number of ether oxygens (including phenoxy) is 1. The highest BCUT2D eigenvalue weighted by atomic mass is 35.5. The summed E-state index contributed by atoms with van der Waals surface area (Å²) >= 11 is 5.98. The molecule has 1 aromatic rings. The standard InChI is InChI=1S/C15H19ClO2/c1-10-4-3-5-11(8-10)15(17)13-9-12(16)6-7-14(13)18-2/h6-7,9-11H,3-5,8H2,1-2H3. The third-order valence-electron chi connectivity index (χ3n) is 3.73. The van der Waals surface area contributed by atoms with Crippen molar-refractivity contribution in [1.29, 1.82) is 0 Å². The van der Waals surface area contributed by atoms with E-state index in [1.165, 1.54) is 6.42 Å². The molecule has 1 aliphatic carbocycles. The number of hydrogen-bond acceptors (Lipinski definition) is 2. The Labute approximate surface area is 113 Å². The molecule has 0 heterocycles. The normalized spacial score (nSPS) is 23.7. The first-order valence-electron chi connectivity index (χ1n) is 6.49. The van der Waals surface area contributed by atoms with Gasteiger partial charge in [-0.3, -0.25) is 4.79 Å². The van der Waals surface area contributed by atoms with Gasteiger partial charge in [0.2, 0.25) is 0 Å². The van der Waals surface area contributed by atoms with Gasteiger partial charge in [-0.2, -0.15) is 0 Å². The lowest BCUT2D eigenvalue weighted by atomic mass is 9.78. The third kappa shape index (κ3) is 2.86. The Balaban J connectivity index is 2.24. The summed E-state index contributed by atoms with van der Waals surface area (Å²) in [5.74, 6) is 1.57. The summed E-state index contributed by atoms with van der Waals surface area (Å²) in [7, 11) is 1.59. The molecule has 98 valence electrons. The van der Waals surface area contributed by atoms with Crippen LogP contribution >= 0.6 is 11.6 Å². The molecule has 0 saturated heterocycles. The van der Waals surface area contributed by atoms with E-state index < -0.39 is 0 Å². The first-order chi connectivity index (χ1) is 8.61. The molecular weight excluding hydrogens is 248 g/mol. The fraction of sp³-hybridized carbons (Fsp3) is 0.533. The van der Waals surface area contributed by atoms with Crippen LogP contribution in [0.15, 0.2) is 18.2 Å². The van der Waals surface area contributed by atoms with Gasteiger partial charge in [-0.05, 0) is 37.0 Å². The highest BCUT2D eigenvalue weighted by Crippen LogP contribution is 2.33. The maximum Gasteiger partial charge on any atom is 0.169 e. The molecule has 3 heteroatoms. The molecule has 1 fully saturated rings. The van der Waals surface area contributed by atoms with Crippen molar-refractivity contribution < 1.29 is 9.53 Å². The van der Waals surface area contributed by atoms with Gasteiger partial charge in [-0.15, -0.1) is 0 Å². The lowest BCUT2D eigenvalue weighted by molar-refractivity contribution is 0.0865. The Bertz CT molecular complexity index is 442. The molecule has 0 aliphatic heterocycles. The molecule has 1 aliphatic rings. The number of benzene rings is 1. The molecule has 0 aromatic heterocycles. The van der Waals surface area contributed by atoms with Crippen LogP contribution in [0.25, 0.3) is 0 Å².